The van der Waals surface area contributed by atoms with Gasteiger partial charge >= 0.3 is 0 Å². The zero-order valence-electron chi connectivity index (χ0n) is 13.6. The van der Waals surface area contributed by atoms with Crippen LogP contribution in [0.2, 0.25) is 0 Å². The van der Waals surface area contributed by atoms with Crippen LogP contribution in [0.4, 0.5) is 10.1 Å². The summed E-state index contributed by atoms with van der Waals surface area (Å²) in [6.07, 6.45) is 0. The summed E-state index contributed by atoms with van der Waals surface area (Å²) in [5.74, 6) is -0.290. The van der Waals surface area contributed by atoms with Gasteiger partial charge in [0.15, 0.2) is 11.6 Å². The maximum atomic E-state index is 13.7. The molecule has 122 valence electrons. The van der Waals surface area contributed by atoms with Gasteiger partial charge in [0.05, 0.1) is 13.7 Å². The van der Waals surface area contributed by atoms with Gasteiger partial charge in [0.2, 0.25) is 5.91 Å². The van der Waals surface area contributed by atoms with Gasteiger partial charge in [-0.15, -0.1) is 0 Å². The molecule has 1 N–H and O–H groups in total. The zero-order valence-corrected chi connectivity index (χ0v) is 13.6. The monoisotopic (exact) mass is 316 g/mol. The lowest BCUT2D eigenvalue weighted by molar-refractivity contribution is -0.117. The highest BCUT2D eigenvalue weighted by Crippen LogP contribution is 2.18. The van der Waals surface area contributed by atoms with Gasteiger partial charge < -0.3 is 10.1 Å². The Kier molecular flexibility index (Phi) is 5.71. The van der Waals surface area contributed by atoms with Crippen LogP contribution in [0.5, 0.6) is 5.75 Å². The number of likely N-dealkylation sites (N-methyl/N-ethyl adjacent to an activating group) is 1. The molecule has 23 heavy (non-hydrogen) atoms. The van der Waals surface area contributed by atoms with Crippen molar-refractivity contribution in [3.05, 3.63) is 59.4 Å². The minimum atomic E-state index is -0.400. The Labute approximate surface area is 135 Å². The molecule has 0 aliphatic carbocycles. The van der Waals surface area contributed by atoms with Gasteiger partial charge in [-0.25, -0.2) is 4.39 Å². The second-order valence-corrected chi connectivity index (χ2v) is 5.56. The van der Waals surface area contributed by atoms with Crippen molar-refractivity contribution < 1.29 is 13.9 Å². The van der Waals surface area contributed by atoms with Crippen LogP contribution < -0.4 is 10.1 Å². The summed E-state index contributed by atoms with van der Waals surface area (Å²) < 4.78 is 18.6. The van der Waals surface area contributed by atoms with Crippen molar-refractivity contribution >= 4 is 11.6 Å². The Morgan fingerprint density at radius 3 is 2.52 bits per heavy atom. The van der Waals surface area contributed by atoms with Crippen LogP contribution in [0.15, 0.2) is 42.5 Å². The number of hydrogen-bond donors (Lipinski definition) is 1. The normalized spacial score (nSPS) is 10.7. The first-order valence-corrected chi connectivity index (χ1v) is 7.35. The number of rotatable bonds is 6. The average molecular weight is 316 g/mol. The van der Waals surface area contributed by atoms with Gasteiger partial charge in [-0.2, -0.15) is 0 Å². The summed E-state index contributed by atoms with van der Waals surface area (Å²) in [7, 11) is 3.25. The number of nitrogens with zero attached hydrogens (tertiary/aromatic N) is 1. The molecule has 2 aromatic rings. The molecule has 2 aromatic carbocycles. The van der Waals surface area contributed by atoms with Crippen molar-refractivity contribution in [3.63, 3.8) is 0 Å². The maximum absolute atomic E-state index is 13.7. The van der Waals surface area contributed by atoms with E-state index in [1.807, 2.05) is 43.1 Å². The first kappa shape index (κ1) is 17.0. The molecule has 0 spiro atoms. The van der Waals surface area contributed by atoms with E-state index in [0.29, 0.717) is 6.54 Å². The van der Waals surface area contributed by atoms with E-state index >= 15 is 0 Å². The van der Waals surface area contributed by atoms with E-state index in [4.69, 9.17) is 4.74 Å². The molecule has 1 amide bonds. The second kappa shape index (κ2) is 7.74. The maximum Gasteiger partial charge on any atom is 0.238 e. The fourth-order valence-electron chi connectivity index (χ4n) is 2.26. The zero-order chi connectivity index (χ0) is 16.8. The molecule has 0 bridgehead atoms. The molecule has 0 aromatic heterocycles. The second-order valence-electron chi connectivity index (χ2n) is 5.56. The molecule has 4 nitrogen and oxygen atoms in total. The molecule has 2 rings (SSSR count). The standard InChI is InChI=1S/C18H21FN2O2/c1-13-4-7-15(8-5-13)20-18(22)12-21(2)11-14-6-9-17(23-3)16(19)10-14/h4-10H,11-12H2,1-3H3,(H,20,22). The highest BCUT2D eigenvalue weighted by molar-refractivity contribution is 5.92. The minimum Gasteiger partial charge on any atom is -0.494 e. The Bertz CT molecular complexity index is 671. The molecule has 0 aliphatic heterocycles. The lowest BCUT2D eigenvalue weighted by Crippen LogP contribution is -2.29. The minimum absolute atomic E-state index is 0.106. The molecule has 0 saturated carbocycles. The predicted molar refractivity (Wildman–Crippen MR) is 89.1 cm³/mol. The molecular weight excluding hydrogens is 295 g/mol. The van der Waals surface area contributed by atoms with Crippen LogP contribution >= 0.6 is 0 Å². The molecule has 0 fully saturated rings. The van der Waals surface area contributed by atoms with Gasteiger partial charge in [-0.05, 0) is 43.8 Å². The van der Waals surface area contributed by atoms with Gasteiger partial charge in [0.25, 0.3) is 0 Å². The molecule has 5 heteroatoms. The van der Waals surface area contributed by atoms with Gasteiger partial charge in [-0.1, -0.05) is 23.8 Å². The van der Waals surface area contributed by atoms with E-state index < -0.39 is 5.82 Å². The lowest BCUT2D eigenvalue weighted by Gasteiger charge is -2.17. The number of nitrogens with one attached hydrogen (secondary N) is 1. The highest BCUT2D eigenvalue weighted by atomic mass is 19.1. The van der Waals surface area contributed by atoms with E-state index in [9.17, 15) is 9.18 Å². The number of aryl methyl sites for hydroxylation is 1. The first-order valence-electron chi connectivity index (χ1n) is 7.35. The highest BCUT2D eigenvalue weighted by Gasteiger charge is 2.09. The van der Waals surface area contributed by atoms with Crippen LogP contribution in [0.1, 0.15) is 11.1 Å². The summed E-state index contributed by atoms with van der Waals surface area (Å²) in [5, 5.41) is 2.84. The molecular formula is C18H21FN2O2. The van der Waals surface area contributed by atoms with E-state index in [1.54, 1.807) is 12.1 Å². The summed E-state index contributed by atoms with van der Waals surface area (Å²) in [5.41, 5.74) is 2.69. The number of carbonyl (C=O) groups excluding carboxylic acids is 1. The van der Waals surface area contributed by atoms with Crippen LogP contribution in [0.25, 0.3) is 0 Å². The number of halogens is 1. The smallest absolute Gasteiger partial charge is 0.238 e. The summed E-state index contributed by atoms with van der Waals surface area (Å²) >= 11 is 0. The summed E-state index contributed by atoms with van der Waals surface area (Å²) in [6, 6.07) is 12.4. The molecule has 0 saturated heterocycles. The Hall–Kier alpha value is -2.40. The van der Waals surface area contributed by atoms with Gasteiger partial charge in [-0.3, -0.25) is 9.69 Å². The van der Waals surface area contributed by atoms with Crippen molar-refractivity contribution in [3.8, 4) is 5.75 Å². The SMILES string of the molecule is COc1ccc(CN(C)CC(=O)Nc2ccc(C)cc2)cc1F. The summed E-state index contributed by atoms with van der Waals surface area (Å²) in [4.78, 5) is 13.8. The molecule has 0 unspecified atom stereocenters. The molecule has 0 aliphatic rings. The van der Waals surface area contributed by atoms with Crippen molar-refractivity contribution in [2.24, 2.45) is 0 Å². The van der Waals surface area contributed by atoms with Crippen molar-refractivity contribution in [1.29, 1.82) is 0 Å². The quantitative estimate of drug-likeness (QED) is 0.890. The molecule has 0 heterocycles. The van der Waals surface area contributed by atoms with Crippen molar-refractivity contribution in [2.75, 3.05) is 26.0 Å². The number of hydrogen-bond acceptors (Lipinski definition) is 3. The van der Waals surface area contributed by atoms with Crippen LogP contribution in [0.3, 0.4) is 0 Å². The predicted octanol–water partition coefficient (Wildman–Crippen LogP) is 3.21. The fraction of sp³-hybridized carbons (Fsp3) is 0.278. The first-order chi connectivity index (χ1) is 11.0. The third-order valence-electron chi connectivity index (χ3n) is 3.42. The van der Waals surface area contributed by atoms with E-state index in [-0.39, 0.29) is 18.2 Å². The largest absolute Gasteiger partial charge is 0.494 e. The number of benzene rings is 2. The van der Waals surface area contributed by atoms with Crippen molar-refractivity contribution in [2.45, 2.75) is 13.5 Å². The Balaban J connectivity index is 1.88. The van der Waals surface area contributed by atoms with Gasteiger partial charge in [0.1, 0.15) is 0 Å². The Morgan fingerprint density at radius 2 is 1.91 bits per heavy atom. The van der Waals surface area contributed by atoms with Crippen LogP contribution in [-0.4, -0.2) is 31.5 Å². The fourth-order valence-corrected chi connectivity index (χ4v) is 2.26. The average Bonchev–Trinajstić information content (AvgIpc) is 2.49. The number of amides is 1. The van der Waals surface area contributed by atoms with Crippen LogP contribution in [-0.2, 0) is 11.3 Å². The lowest BCUT2D eigenvalue weighted by atomic mass is 10.2. The third-order valence-corrected chi connectivity index (χ3v) is 3.42. The van der Waals surface area contributed by atoms with E-state index in [1.165, 1.54) is 13.2 Å². The number of carbonyl (C=O) groups is 1. The molecule has 0 radical (unpaired) electrons. The number of anilines is 1. The van der Waals surface area contributed by atoms with Crippen molar-refractivity contribution in [1.82, 2.24) is 4.90 Å². The topological polar surface area (TPSA) is 41.6 Å². The van der Waals surface area contributed by atoms with Crippen LogP contribution in [0, 0.1) is 12.7 Å². The number of ether oxygens (including phenoxy) is 1. The van der Waals surface area contributed by atoms with Gasteiger partial charge in [0, 0.05) is 12.2 Å². The molecule has 0 atom stereocenters. The summed E-state index contributed by atoms with van der Waals surface area (Å²) in [6.45, 7) is 2.69. The number of methoxy groups -OCH3 is 1. The Morgan fingerprint density at radius 1 is 1.22 bits per heavy atom. The van der Waals surface area contributed by atoms with E-state index in [2.05, 4.69) is 5.32 Å². The van der Waals surface area contributed by atoms with E-state index in [0.717, 1.165) is 16.8 Å². The third kappa shape index (κ3) is 5.07.